The number of nitrogens with zero attached hydrogens (tertiary/aromatic N) is 1. The highest BCUT2D eigenvalue weighted by Crippen LogP contribution is 2.26. The molecule has 1 aliphatic heterocycles. The summed E-state index contributed by atoms with van der Waals surface area (Å²) in [5.41, 5.74) is 5.63. The fourth-order valence-electron chi connectivity index (χ4n) is 2.64. The summed E-state index contributed by atoms with van der Waals surface area (Å²) in [5, 5.41) is 0. The van der Waals surface area contributed by atoms with E-state index in [0.717, 1.165) is 31.0 Å². The SMILES string of the molecule is CCC(CCN)N1CC(C)CC1C. The summed E-state index contributed by atoms with van der Waals surface area (Å²) in [4.78, 5) is 2.65. The summed E-state index contributed by atoms with van der Waals surface area (Å²) in [7, 11) is 0. The van der Waals surface area contributed by atoms with E-state index in [9.17, 15) is 0 Å². The zero-order valence-electron chi connectivity index (χ0n) is 9.29. The highest BCUT2D eigenvalue weighted by Gasteiger charge is 2.30. The van der Waals surface area contributed by atoms with Gasteiger partial charge in [0.1, 0.15) is 0 Å². The first kappa shape index (κ1) is 11.0. The molecular formula is C11H24N2. The molecule has 1 rings (SSSR count). The van der Waals surface area contributed by atoms with Crippen molar-refractivity contribution < 1.29 is 0 Å². The quantitative estimate of drug-likeness (QED) is 0.722. The van der Waals surface area contributed by atoms with Gasteiger partial charge in [-0.05, 0) is 38.6 Å². The Morgan fingerprint density at radius 1 is 1.46 bits per heavy atom. The molecule has 0 aromatic carbocycles. The van der Waals surface area contributed by atoms with Crippen molar-refractivity contribution in [1.29, 1.82) is 0 Å². The van der Waals surface area contributed by atoms with Crippen LogP contribution in [-0.4, -0.2) is 30.1 Å². The van der Waals surface area contributed by atoms with Crippen LogP contribution in [0.3, 0.4) is 0 Å². The Labute approximate surface area is 82.5 Å². The molecule has 0 amide bonds. The van der Waals surface area contributed by atoms with Crippen molar-refractivity contribution in [3.05, 3.63) is 0 Å². The molecule has 0 aromatic heterocycles. The third kappa shape index (κ3) is 2.68. The predicted molar refractivity (Wildman–Crippen MR) is 57.7 cm³/mol. The van der Waals surface area contributed by atoms with E-state index in [0.29, 0.717) is 0 Å². The highest BCUT2D eigenvalue weighted by molar-refractivity contribution is 4.85. The minimum Gasteiger partial charge on any atom is -0.330 e. The number of hydrogen-bond donors (Lipinski definition) is 1. The maximum Gasteiger partial charge on any atom is 0.0108 e. The van der Waals surface area contributed by atoms with Crippen LogP contribution in [0.5, 0.6) is 0 Å². The maximum absolute atomic E-state index is 5.63. The third-order valence-electron chi connectivity index (χ3n) is 3.27. The van der Waals surface area contributed by atoms with E-state index in [2.05, 4.69) is 25.7 Å². The van der Waals surface area contributed by atoms with E-state index >= 15 is 0 Å². The molecule has 1 saturated heterocycles. The lowest BCUT2D eigenvalue weighted by Gasteiger charge is -2.30. The first-order valence-corrected chi connectivity index (χ1v) is 5.64. The Balaban J connectivity index is 2.48. The van der Waals surface area contributed by atoms with Crippen molar-refractivity contribution >= 4 is 0 Å². The number of nitrogens with two attached hydrogens (primary N) is 1. The van der Waals surface area contributed by atoms with Gasteiger partial charge in [0.2, 0.25) is 0 Å². The standard InChI is InChI=1S/C11H24N2/c1-4-11(5-6-12)13-8-9(2)7-10(13)3/h9-11H,4-8,12H2,1-3H3. The van der Waals surface area contributed by atoms with E-state index < -0.39 is 0 Å². The fraction of sp³-hybridized carbons (Fsp3) is 1.00. The van der Waals surface area contributed by atoms with Crippen molar-refractivity contribution in [2.45, 2.75) is 52.1 Å². The van der Waals surface area contributed by atoms with Crippen LogP contribution in [0, 0.1) is 5.92 Å². The van der Waals surface area contributed by atoms with Crippen LogP contribution in [0.4, 0.5) is 0 Å². The highest BCUT2D eigenvalue weighted by atomic mass is 15.2. The molecule has 0 aliphatic carbocycles. The lowest BCUT2D eigenvalue weighted by atomic mass is 10.1. The predicted octanol–water partition coefficient (Wildman–Crippen LogP) is 1.84. The number of likely N-dealkylation sites (tertiary alicyclic amines) is 1. The van der Waals surface area contributed by atoms with E-state index in [1.54, 1.807) is 0 Å². The van der Waals surface area contributed by atoms with Crippen molar-refractivity contribution in [2.24, 2.45) is 11.7 Å². The first-order chi connectivity index (χ1) is 6.19. The molecule has 0 bridgehead atoms. The second-order valence-electron chi connectivity index (χ2n) is 4.53. The smallest absolute Gasteiger partial charge is 0.0108 e. The molecule has 0 radical (unpaired) electrons. The van der Waals surface area contributed by atoms with Crippen LogP contribution >= 0.6 is 0 Å². The molecular weight excluding hydrogens is 160 g/mol. The van der Waals surface area contributed by atoms with Crippen LogP contribution in [0.15, 0.2) is 0 Å². The van der Waals surface area contributed by atoms with Crippen LogP contribution in [0.2, 0.25) is 0 Å². The minimum atomic E-state index is 0.727. The monoisotopic (exact) mass is 184 g/mol. The second kappa shape index (κ2) is 4.97. The zero-order chi connectivity index (χ0) is 9.84. The van der Waals surface area contributed by atoms with E-state index in [4.69, 9.17) is 5.73 Å². The van der Waals surface area contributed by atoms with E-state index in [1.165, 1.54) is 19.4 Å². The molecule has 0 aromatic rings. The van der Waals surface area contributed by atoms with Gasteiger partial charge in [-0.2, -0.15) is 0 Å². The molecule has 2 heteroatoms. The normalized spacial score (nSPS) is 32.3. The topological polar surface area (TPSA) is 29.3 Å². The lowest BCUT2D eigenvalue weighted by Crippen LogP contribution is -2.38. The Bertz CT molecular complexity index is 147. The van der Waals surface area contributed by atoms with Gasteiger partial charge < -0.3 is 5.73 Å². The summed E-state index contributed by atoms with van der Waals surface area (Å²) in [6.07, 6.45) is 3.77. The fourth-order valence-corrected chi connectivity index (χ4v) is 2.64. The summed E-state index contributed by atoms with van der Waals surface area (Å²) >= 11 is 0. The third-order valence-corrected chi connectivity index (χ3v) is 3.27. The molecule has 2 nitrogen and oxygen atoms in total. The molecule has 0 spiro atoms. The van der Waals surface area contributed by atoms with Gasteiger partial charge in [-0.1, -0.05) is 13.8 Å². The van der Waals surface area contributed by atoms with Gasteiger partial charge in [-0.25, -0.2) is 0 Å². The van der Waals surface area contributed by atoms with Crippen LogP contribution < -0.4 is 5.73 Å². The Morgan fingerprint density at radius 3 is 2.54 bits per heavy atom. The van der Waals surface area contributed by atoms with Crippen LogP contribution in [-0.2, 0) is 0 Å². The van der Waals surface area contributed by atoms with Gasteiger partial charge in [0.15, 0.2) is 0 Å². The van der Waals surface area contributed by atoms with Gasteiger partial charge >= 0.3 is 0 Å². The van der Waals surface area contributed by atoms with E-state index in [-0.39, 0.29) is 0 Å². The molecule has 78 valence electrons. The second-order valence-corrected chi connectivity index (χ2v) is 4.53. The Kier molecular flexibility index (Phi) is 4.20. The zero-order valence-corrected chi connectivity index (χ0v) is 9.29. The average molecular weight is 184 g/mol. The summed E-state index contributed by atoms with van der Waals surface area (Å²) in [6, 6.07) is 1.50. The molecule has 3 unspecified atom stereocenters. The van der Waals surface area contributed by atoms with E-state index in [1.807, 2.05) is 0 Å². The average Bonchev–Trinajstić information content (AvgIpc) is 2.41. The molecule has 1 aliphatic rings. The first-order valence-electron chi connectivity index (χ1n) is 5.64. The molecule has 0 saturated carbocycles. The Morgan fingerprint density at radius 2 is 2.15 bits per heavy atom. The minimum absolute atomic E-state index is 0.727. The summed E-state index contributed by atoms with van der Waals surface area (Å²) in [6.45, 7) is 9.08. The molecule has 1 heterocycles. The summed E-state index contributed by atoms with van der Waals surface area (Å²) in [5.74, 6) is 0.877. The van der Waals surface area contributed by atoms with Gasteiger partial charge in [0, 0.05) is 18.6 Å². The van der Waals surface area contributed by atoms with Gasteiger partial charge in [0.25, 0.3) is 0 Å². The lowest BCUT2D eigenvalue weighted by molar-refractivity contribution is 0.174. The van der Waals surface area contributed by atoms with Gasteiger partial charge in [0.05, 0.1) is 0 Å². The summed E-state index contributed by atoms with van der Waals surface area (Å²) < 4.78 is 0. The Hall–Kier alpha value is -0.0800. The van der Waals surface area contributed by atoms with Gasteiger partial charge in [-0.15, -0.1) is 0 Å². The van der Waals surface area contributed by atoms with Gasteiger partial charge in [-0.3, -0.25) is 4.90 Å². The largest absolute Gasteiger partial charge is 0.330 e. The molecule has 13 heavy (non-hydrogen) atoms. The molecule has 1 fully saturated rings. The van der Waals surface area contributed by atoms with Crippen LogP contribution in [0.1, 0.15) is 40.0 Å². The molecule has 2 N–H and O–H groups in total. The van der Waals surface area contributed by atoms with Crippen molar-refractivity contribution in [3.8, 4) is 0 Å². The van der Waals surface area contributed by atoms with Crippen LogP contribution in [0.25, 0.3) is 0 Å². The number of hydrogen-bond acceptors (Lipinski definition) is 2. The maximum atomic E-state index is 5.63. The molecule has 3 atom stereocenters. The number of rotatable bonds is 4. The van der Waals surface area contributed by atoms with Crippen molar-refractivity contribution in [2.75, 3.05) is 13.1 Å². The van der Waals surface area contributed by atoms with Crippen molar-refractivity contribution in [3.63, 3.8) is 0 Å². The van der Waals surface area contributed by atoms with Crippen molar-refractivity contribution in [1.82, 2.24) is 4.90 Å².